The Kier molecular flexibility index (Phi) is 6.81. The van der Waals surface area contributed by atoms with Crippen LogP contribution in [0.15, 0.2) is 30.5 Å². The van der Waals surface area contributed by atoms with Gasteiger partial charge in [-0.3, -0.25) is 14.6 Å². The van der Waals surface area contributed by atoms with Crippen molar-refractivity contribution in [2.75, 3.05) is 0 Å². The number of para-hydroxylation sites is 2. The van der Waals surface area contributed by atoms with Crippen molar-refractivity contribution >= 4 is 28.8 Å². The summed E-state index contributed by atoms with van der Waals surface area (Å²) in [7, 11) is 0. The van der Waals surface area contributed by atoms with E-state index in [1.165, 1.54) is 13.1 Å². The first-order valence-electron chi connectivity index (χ1n) is 8.77. The summed E-state index contributed by atoms with van der Waals surface area (Å²) in [6, 6.07) is 5.31. The highest BCUT2D eigenvalue weighted by atomic mass is 16.4. The van der Waals surface area contributed by atoms with Gasteiger partial charge in [-0.1, -0.05) is 26.0 Å². The Labute approximate surface area is 157 Å². The topological polar surface area (TPSA) is 121 Å². The normalized spacial score (nSPS) is 13.2. The maximum absolute atomic E-state index is 12.5. The zero-order chi connectivity index (χ0) is 20.0. The van der Waals surface area contributed by atoms with Gasteiger partial charge in [-0.15, -0.1) is 0 Å². The van der Waals surface area contributed by atoms with Gasteiger partial charge in [0.05, 0.1) is 16.7 Å². The summed E-state index contributed by atoms with van der Waals surface area (Å²) < 4.78 is 0. The van der Waals surface area contributed by atoms with Gasteiger partial charge in [0.2, 0.25) is 11.8 Å². The van der Waals surface area contributed by atoms with Crippen LogP contribution in [0, 0.1) is 5.92 Å². The third-order valence-electron chi connectivity index (χ3n) is 3.93. The van der Waals surface area contributed by atoms with Crippen molar-refractivity contribution in [3.63, 3.8) is 0 Å². The van der Waals surface area contributed by atoms with Crippen LogP contribution in [0.5, 0.6) is 0 Å². The minimum atomic E-state index is -1.18. The number of rotatable bonds is 8. The first-order chi connectivity index (χ1) is 12.8. The van der Waals surface area contributed by atoms with E-state index < -0.39 is 24.0 Å². The zero-order valence-electron chi connectivity index (χ0n) is 15.6. The molecule has 3 N–H and O–H groups in total. The van der Waals surface area contributed by atoms with Crippen LogP contribution in [0.4, 0.5) is 0 Å². The highest BCUT2D eigenvalue weighted by Crippen LogP contribution is 2.11. The molecule has 0 aliphatic rings. The maximum Gasteiger partial charge on any atom is 0.326 e. The number of carboxylic acids is 1. The van der Waals surface area contributed by atoms with E-state index in [4.69, 9.17) is 0 Å². The van der Waals surface area contributed by atoms with E-state index in [0.29, 0.717) is 23.1 Å². The molecule has 2 aromatic rings. The zero-order valence-corrected chi connectivity index (χ0v) is 15.6. The predicted molar refractivity (Wildman–Crippen MR) is 99.9 cm³/mol. The van der Waals surface area contributed by atoms with Crippen LogP contribution in [-0.2, 0) is 20.8 Å². The molecule has 0 saturated carbocycles. The van der Waals surface area contributed by atoms with Crippen LogP contribution >= 0.6 is 0 Å². The van der Waals surface area contributed by atoms with Crippen LogP contribution in [0.1, 0.15) is 32.9 Å². The number of hydrogen-bond acceptors (Lipinski definition) is 5. The van der Waals surface area contributed by atoms with E-state index in [-0.39, 0.29) is 18.2 Å². The molecular weight excluding hydrogens is 348 g/mol. The third-order valence-corrected chi connectivity index (χ3v) is 3.93. The monoisotopic (exact) mass is 372 g/mol. The summed E-state index contributed by atoms with van der Waals surface area (Å²) in [4.78, 5) is 44.1. The first kappa shape index (κ1) is 20.3. The van der Waals surface area contributed by atoms with Crippen LogP contribution in [0.25, 0.3) is 11.0 Å². The maximum atomic E-state index is 12.5. The van der Waals surface area contributed by atoms with Gasteiger partial charge in [-0.2, -0.15) is 0 Å². The molecule has 8 nitrogen and oxygen atoms in total. The number of aromatic nitrogens is 2. The van der Waals surface area contributed by atoms with Gasteiger partial charge in [0, 0.05) is 19.5 Å². The average Bonchev–Trinajstić information content (AvgIpc) is 2.59. The predicted octanol–water partition coefficient (Wildman–Crippen LogP) is 1.29. The molecule has 1 aromatic carbocycles. The fraction of sp³-hybridized carbons (Fsp3) is 0.421. The Morgan fingerprint density at radius 3 is 2.33 bits per heavy atom. The van der Waals surface area contributed by atoms with Crippen molar-refractivity contribution in [3.8, 4) is 0 Å². The van der Waals surface area contributed by atoms with Gasteiger partial charge in [-0.25, -0.2) is 9.78 Å². The molecular formula is C19H24N4O4. The quantitative estimate of drug-likeness (QED) is 0.642. The van der Waals surface area contributed by atoms with Crippen molar-refractivity contribution in [2.45, 2.75) is 45.7 Å². The number of amides is 2. The number of hydrogen-bond donors (Lipinski definition) is 3. The van der Waals surface area contributed by atoms with Crippen molar-refractivity contribution in [2.24, 2.45) is 5.92 Å². The highest BCUT2D eigenvalue weighted by molar-refractivity contribution is 5.90. The lowest BCUT2D eigenvalue weighted by Crippen LogP contribution is -2.52. The Hall–Kier alpha value is -3.03. The summed E-state index contributed by atoms with van der Waals surface area (Å²) in [5.41, 5.74) is 1.82. The molecule has 2 rings (SSSR count). The van der Waals surface area contributed by atoms with Crippen LogP contribution < -0.4 is 10.6 Å². The second kappa shape index (κ2) is 9.07. The molecule has 0 bridgehead atoms. The molecule has 0 aliphatic carbocycles. The average molecular weight is 372 g/mol. The SMILES string of the molecule is CC(=O)N[C@@H](CC(C)C)C(=O)N[C@H](Cc1cnc2ccccc2n1)C(=O)O. The Morgan fingerprint density at radius 1 is 1.07 bits per heavy atom. The number of nitrogens with zero attached hydrogens (tertiary/aromatic N) is 2. The lowest BCUT2D eigenvalue weighted by molar-refractivity contribution is -0.142. The minimum Gasteiger partial charge on any atom is -0.480 e. The molecule has 144 valence electrons. The lowest BCUT2D eigenvalue weighted by Gasteiger charge is -2.22. The van der Waals surface area contributed by atoms with E-state index in [2.05, 4.69) is 20.6 Å². The molecule has 1 aromatic heterocycles. The molecule has 0 unspecified atom stereocenters. The third kappa shape index (κ3) is 6.02. The van der Waals surface area contributed by atoms with Gasteiger partial charge in [0.25, 0.3) is 0 Å². The number of benzene rings is 1. The van der Waals surface area contributed by atoms with E-state index in [9.17, 15) is 19.5 Å². The van der Waals surface area contributed by atoms with E-state index in [0.717, 1.165) is 0 Å². The standard InChI is InChI=1S/C19H24N4O4/c1-11(2)8-16(21-12(3)24)18(25)23-17(19(26)27)9-13-10-20-14-6-4-5-7-15(14)22-13/h4-7,10-11,16-17H,8-9H2,1-3H3,(H,21,24)(H,23,25)(H,26,27)/t16-,17+/m0/s1. The van der Waals surface area contributed by atoms with Crippen molar-refractivity contribution < 1.29 is 19.5 Å². The second-order valence-corrected chi connectivity index (χ2v) is 6.84. The number of fused-ring (bicyclic) bond motifs is 1. The molecule has 0 fully saturated rings. The molecule has 0 spiro atoms. The summed E-state index contributed by atoms with van der Waals surface area (Å²) in [6.45, 7) is 5.16. The molecule has 1 heterocycles. The molecule has 2 amide bonds. The summed E-state index contributed by atoms with van der Waals surface area (Å²) in [5, 5.41) is 14.6. The largest absolute Gasteiger partial charge is 0.480 e. The van der Waals surface area contributed by atoms with Crippen LogP contribution in [0.2, 0.25) is 0 Å². The van der Waals surface area contributed by atoms with Gasteiger partial charge in [0.1, 0.15) is 12.1 Å². The molecule has 27 heavy (non-hydrogen) atoms. The Balaban J connectivity index is 2.14. The number of nitrogens with one attached hydrogen (secondary N) is 2. The summed E-state index contributed by atoms with van der Waals surface area (Å²) in [5.74, 6) is -1.89. The second-order valence-electron chi connectivity index (χ2n) is 6.84. The molecule has 0 saturated heterocycles. The number of carbonyl (C=O) groups is 3. The van der Waals surface area contributed by atoms with Crippen molar-refractivity contribution in [1.82, 2.24) is 20.6 Å². The van der Waals surface area contributed by atoms with E-state index in [1.807, 2.05) is 32.0 Å². The summed E-state index contributed by atoms with van der Waals surface area (Å²) in [6.07, 6.45) is 1.91. The Bertz CT molecular complexity index is 837. The molecule has 8 heteroatoms. The van der Waals surface area contributed by atoms with Gasteiger partial charge < -0.3 is 15.7 Å². The number of aliphatic carboxylic acids is 1. The number of carbonyl (C=O) groups excluding carboxylic acids is 2. The fourth-order valence-corrected chi connectivity index (χ4v) is 2.72. The Morgan fingerprint density at radius 2 is 1.74 bits per heavy atom. The van der Waals surface area contributed by atoms with Crippen molar-refractivity contribution in [1.29, 1.82) is 0 Å². The van der Waals surface area contributed by atoms with E-state index >= 15 is 0 Å². The smallest absolute Gasteiger partial charge is 0.326 e. The van der Waals surface area contributed by atoms with Gasteiger partial charge in [0.15, 0.2) is 0 Å². The first-order valence-corrected chi connectivity index (χ1v) is 8.77. The number of carboxylic acid groups (broad SMARTS) is 1. The highest BCUT2D eigenvalue weighted by Gasteiger charge is 2.27. The van der Waals surface area contributed by atoms with Gasteiger partial charge >= 0.3 is 5.97 Å². The van der Waals surface area contributed by atoms with Gasteiger partial charge in [-0.05, 0) is 24.5 Å². The molecule has 0 radical (unpaired) electrons. The molecule has 0 aliphatic heterocycles. The molecule has 2 atom stereocenters. The van der Waals surface area contributed by atoms with E-state index in [1.54, 1.807) is 6.07 Å². The lowest BCUT2D eigenvalue weighted by atomic mass is 10.0. The van der Waals surface area contributed by atoms with Crippen LogP contribution in [0.3, 0.4) is 0 Å². The fourth-order valence-electron chi connectivity index (χ4n) is 2.72. The minimum absolute atomic E-state index is 0.00657. The summed E-state index contributed by atoms with van der Waals surface area (Å²) >= 11 is 0. The van der Waals surface area contributed by atoms with Crippen molar-refractivity contribution in [3.05, 3.63) is 36.2 Å². The van der Waals surface area contributed by atoms with Crippen LogP contribution in [-0.4, -0.2) is 44.9 Å².